The quantitative estimate of drug-likeness (QED) is 0.399. The Kier molecular flexibility index (Phi) is 3.28. The molecule has 2 N–H and O–H groups in total. The number of hydrogen-bond acceptors (Lipinski definition) is 3. The second-order valence-corrected chi connectivity index (χ2v) is 5.08. The highest BCUT2D eigenvalue weighted by Gasteiger charge is 2.32. The fourth-order valence-corrected chi connectivity index (χ4v) is 1.58. The molecular weight excluding hydrogens is 267 g/mol. The molecule has 1 rings (SSSR count). The topological polar surface area (TPSA) is 69.2 Å². The Labute approximate surface area is 94.6 Å². The molecule has 0 spiro atoms. The number of anilines is 1. The predicted octanol–water partition coefficient (Wildman–Crippen LogP) is 2.76. The normalized spacial score (nSPS) is 14.6. The third-order valence-electron chi connectivity index (χ3n) is 2.06. The van der Waals surface area contributed by atoms with Crippen molar-refractivity contribution < 1.29 is 9.31 Å². The number of nitrogens with two attached hydrogens (primary N) is 1. The summed E-state index contributed by atoms with van der Waals surface area (Å²) in [6.07, 6.45) is 0. The largest absolute Gasteiger partial charge is 0.393 e. The van der Waals surface area contributed by atoms with Crippen LogP contribution in [0.4, 0.5) is 15.8 Å². The molecule has 0 aliphatic carbocycles. The van der Waals surface area contributed by atoms with Crippen LogP contribution in [0.15, 0.2) is 18.2 Å². The van der Waals surface area contributed by atoms with Crippen LogP contribution in [0, 0.1) is 10.1 Å². The van der Waals surface area contributed by atoms with E-state index in [9.17, 15) is 14.5 Å². The van der Waals surface area contributed by atoms with Crippen molar-refractivity contribution in [2.24, 2.45) is 0 Å². The summed E-state index contributed by atoms with van der Waals surface area (Å²) in [5.74, 6) is 0. The molecule has 4 nitrogen and oxygen atoms in total. The van der Waals surface area contributed by atoms with Gasteiger partial charge in [-0.1, -0.05) is 28.1 Å². The van der Waals surface area contributed by atoms with E-state index in [1.54, 1.807) is 6.07 Å². The van der Waals surface area contributed by atoms with Gasteiger partial charge in [-0.05, 0) is 13.0 Å². The first kappa shape index (κ1) is 11.9. The maximum atomic E-state index is 12.7. The van der Waals surface area contributed by atoms with Crippen LogP contribution in [-0.4, -0.2) is 11.6 Å². The van der Waals surface area contributed by atoms with Gasteiger partial charge in [-0.3, -0.25) is 10.1 Å². The monoisotopic (exact) mass is 276 g/mol. The van der Waals surface area contributed by atoms with Crippen molar-refractivity contribution in [1.82, 2.24) is 0 Å². The van der Waals surface area contributed by atoms with Gasteiger partial charge >= 0.3 is 0 Å². The van der Waals surface area contributed by atoms with E-state index in [1.807, 2.05) is 0 Å². The third-order valence-corrected chi connectivity index (χ3v) is 2.70. The van der Waals surface area contributed by atoms with Gasteiger partial charge in [0.2, 0.25) is 0 Å². The Morgan fingerprint density at radius 2 is 2.27 bits per heavy atom. The number of hydrogen-bond donors (Lipinski definition) is 1. The number of nitrogen functional groups attached to an aromatic ring is 1. The van der Waals surface area contributed by atoms with Gasteiger partial charge in [-0.25, -0.2) is 4.39 Å². The standard InChI is InChI=1S/C9H10BrFN2O2/c1-9(10,5-11)6-3-2-4-7(12)8(6)13(14)15/h2-4H,5,12H2,1H3. The zero-order valence-electron chi connectivity index (χ0n) is 8.04. The van der Waals surface area contributed by atoms with Gasteiger partial charge in [0.15, 0.2) is 0 Å². The molecule has 1 unspecified atom stereocenters. The first-order valence-electron chi connectivity index (χ1n) is 4.18. The highest BCUT2D eigenvalue weighted by molar-refractivity contribution is 9.09. The van der Waals surface area contributed by atoms with Crippen molar-refractivity contribution in [3.05, 3.63) is 33.9 Å². The van der Waals surface area contributed by atoms with Crippen LogP contribution < -0.4 is 5.73 Å². The maximum absolute atomic E-state index is 12.7. The molecule has 82 valence electrons. The van der Waals surface area contributed by atoms with E-state index in [0.717, 1.165) is 0 Å². The van der Waals surface area contributed by atoms with Gasteiger partial charge in [0, 0.05) is 0 Å². The summed E-state index contributed by atoms with van der Waals surface area (Å²) in [4.78, 5) is 10.2. The number of benzene rings is 1. The molecule has 1 aromatic carbocycles. The van der Waals surface area contributed by atoms with Crippen molar-refractivity contribution in [1.29, 1.82) is 0 Å². The minimum absolute atomic E-state index is 0.0385. The summed E-state index contributed by atoms with van der Waals surface area (Å²) in [6.45, 7) is 0.770. The second kappa shape index (κ2) is 4.14. The smallest absolute Gasteiger partial charge is 0.296 e. The molecule has 1 aromatic rings. The van der Waals surface area contributed by atoms with Crippen LogP contribution in [0.2, 0.25) is 0 Å². The summed E-state index contributed by atoms with van der Waals surface area (Å²) in [7, 11) is 0. The fourth-order valence-electron chi connectivity index (χ4n) is 1.26. The minimum atomic E-state index is -1.08. The lowest BCUT2D eigenvalue weighted by atomic mass is 9.99. The number of rotatable bonds is 3. The summed E-state index contributed by atoms with van der Waals surface area (Å²) in [5.41, 5.74) is 5.53. The number of alkyl halides is 2. The SMILES string of the molecule is CC(Br)(CF)c1cccc(N)c1[N+](=O)[O-]. The third kappa shape index (κ3) is 2.26. The Morgan fingerprint density at radius 1 is 1.67 bits per heavy atom. The van der Waals surface area contributed by atoms with E-state index in [0.29, 0.717) is 0 Å². The fraction of sp³-hybridized carbons (Fsp3) is 0.333. The van der Waals surface area contributed by atoms with Crippen LogP contribution in [0.1, 0.15) is 12.5 Å². The molecule has 0 bridgehead atoms. The zero-order chi connectivity index (χ0) is 11.6. The lowest BCUT2D eigenvalue weighted by molar-refractivity contribution is -0.384. The van der Waals surface area contributed by atoms with Crippen molar-refractivity contribution >= 4 is 27.3 Å². The summed E-state index contributed by atoms with van der Waals surface area (Å²) in [6, 6.07) is 4.47. The Balaban J connectivity index is 3.42. The molecule has 0 radical (unpaired) electrons. The average Bonchev–Trinajstić information content (AvgIpc) is 2.16. The summed E-state index contributed by atoms with van der Waals surface area (Å²) < 4.78 is 11.6. The minimum Gasteiger partial charge on any atom is -0.393 e. The first-order chi connectivity index (χ1) is 6.90. The first-order valence-corrected chi connectivity index (χ1v) is 4.97. The molecule has 0 fully saturated rings. The number of para-hydroxylation sites is 1. The van der Waals surface area contributed by atoms with Crippen LogP contribution in [0.3, 0.4) is 0 Å². The Hall–Kier alpha value is -1.17. The zero-order valence-corrected chi connectivity index (χ0v) is 9.62. The summed E-state index contributed by atoms with van der Waals surface area (Å²) >= 11 is 3.11. The molecular formula is C9H10BrFN2O2. The van der Waals surface area contributed by atoms with Crippen LogP contribution in [0.25, 0.3) is 0 Å². The van der Waals surface area contributed by atoms with Crippen LogP contribution in [-0.2, 0) is 4.32 Å². The number of nitro groups is 1. The highest BCUT2D eigenvalue weighted by Crippen LogP contribution is 2.39. The number of nitrogens with zero attached hydrogens (tertiary/aromatic N) is 1. The molecule has 0 aromatic heterocycles. The van der Waals surface area contributed by atoms with Crippen molar-refractivity contribution in [2.75, 3.05) is 12.4 Å². The van der Waals surface area contributed by atoms with E-state index < -0.39 is 15.9 Å². The van der Waals surface area contributed by atoms with Gasteiger partial charge in [-0.2, -0.15) is 0 Å². The molecule has 0 aliphatic rings. The van der Waals surface area contributed by atoms with Gasteiger partial charge in [0.25, 0.3) is 5.69 Å². The predicted molar refractivity (Wildman–Crippen MR) is 59.8 cm³/mol. The highest BCUT2D eigenvalue weighted by atomic mass is 79.9. The van der Waals surface area contributed by atoms with Gasteiger partial charge in [0.05, 0.1) is 14.8 Å². The average molecular weight is 277 g/mol. The molecule has 0 heterocycles. The molecule has 0 saturated carbocycles. The van der Waals surface area contributed by atoms with E-state index in [4.69, 9.17) is 5.73 Å². The van der Waals surface area contributed by atoms with Gasteiger partial charge in [-0.15, -0.1) is 0 Å². The van der Waals surface area contributed by atoms with Crippen molar-refractivity contribution in [3.8, 4) is 0 Å². The lowest BCUT2D eigenvalue weighted by Crippen LogP contribution is -2.18. The van der Waals surface area contributed by atoms with E-state index in [-0.39, 0.29) is 16.9 Å². The lowest BCUT2D eigenvalue weighted by Gasteiger charge is -2.19. The molecule has 1 atom stereocenters. The molecule has 15 heavy (non-hydrogen) atoms. The number of nitro benzene ring substituents is 1. The molecule has 0 aliphatic heterocycles. The van der Waals surface area contributed by atoms with Crippen molar-refractivity contribution in [3.63, 3.8) is 0 Å². The van der Waals surface area contributed by atoms with E-state index in [1.165, 1.54) is 19.1 Å². The summed E-state index contributed by atoms with van der Waals surface area (Å²) in [5, 5.41) is 10.8. The van der Waals surface area contributed by atoms with Crippen LogP contribution >= 0.6 is 15.9 Å². The van der Waals surface area contributed by atoms with Gasteiger partial charge < -0.3 is 5.73 Å². The molecule has 0 amide bonds. The second-order valence-electron chi connectivity index (χ2n) is 3.33. The molecule has 6 heteroatoms. The van der Waals surface area contributed by atoms with E-state index >= 15 is 0 Å². The Bertz CT molecular complexity index is 396. The maximum Gasteiger partial charge on any atom is 0.296 e. The van der Waals surface area contributed by atoms with Gasteiger partial charge in [0.1, 0.15) is 12.4 Å². The molecule has 0 saturated heterocycles. The van der Waals surface area contributed by atoms with Crippen LogP contribution in [0.5, 0.6) is 0 Å². The number of halogens is 2. The Morgan fingerprint density at radius 3 is 2.73 bits per heavy atom. The van der Waals surface area contributed by atoms with Crippen molar-refractivity contribution in [2.45, 2.75) is 11.2 Å². The van der Waals surface area contributed by atoms with E-state index in [2.05, 4.69) is 15.9 Å².